The minimum absolute atomic E-state index is 0.242. The van der Waals surface area contributed by atoms with Crippen LogP contribution in [0.15, 0.2) is 47.7 Å². The van der Waals surface area contributed by atoms with Gasteiger partial charge in [-0.1, -0.05) is 12.1 Å². The summed E-state index contributed by atoms with van der Waals surface area (Å²) < 4.78 is 33.3. The first-order valence-corrected chi connectivity index (χ1v) is 10.6. The van der Waals surface area contributed by atoms with Crippen molar-refractivity contribution in [3.63, 3.8) is 0 Å². The Morgan fingerprint density at radius 2 is 1.55 bits per heavy atom. The molecule has 1 aliphatic heterocycles. The van der Waals surface area contributed by atoms with Gasteiger partial charge >= 0.3 is 5.97 Å². The topological polar surface area (TPSA) is 75.7 Å². The van der Waals surface area contributed by atoms with Crippen molar-refractivity contribution in [2.24, 2.45) is 0 Å². The van der Waals surface area contributed by atoms with E-state index in [9.17, 15) is 4.79 Å². The highest BCUT2D eigenvalue weighted by Crippen LogP contribution is 2.42. The molecule has 1 atom stereocenters. The van der Waals surface area contributed by atoms with E-state index in [-0.39, 0.29) is 5.76 Å². The Hall–Kier alpha value is -3.39. The molecule has 0 spiro atoms. The summed E-state index contributed by atoms with van der Waals surface area (Å²) in [6.45, 7) is 1.03. The molecule has 0 aliphatic carbocycles. The standard InChI is InChI=1S/C25H31NO7/c1-26(2)11-12-32-23-19(13-16-14-20(29-4)24(31-6)21(15-16)30-5)22(33-25(23)27)17-7-9-18(28-3)10-8-17/h7-10,14-15,22H,11-13H2,1-6H3. The largest absolute Gasteiger partial charge is 0.497 e. The molecule has 0 aromatic heterocycles. The van der Waals surface area contributed by atoms with Crippen molar-refractivity contribution >= 4 is 5.97 Å². The van der Waals surface area contributed by atoms with E-state index in [0.717, 1.165) is 22.4 Å². The van der Waals surface area contributed by atoms with E-state index in [1.807, 2.05) is 55.4 Å². The number of likely N-dealkylation sites (N-methyl/N-ethyl adjacent to an activating group) is 1. The van der Waals surface area contributed by atoms with Gasteiger partial charge in [0, 0.05) is 18.5 Å². The fourth-order valence-corrected chi connectivity index (χ4v) is 3.64. The van der Waals surface area contributed by atoms with Crippen LogP contribution in [0.4, 0.5) is 0 Å². The highest BCUT2D eigenvalue weighted by molar-refractivity contribution is 5.90. The third-order valence-corrected chi connectivity index (χ3v) is 5.34. The number of cyclic esters (lactones) is 1. The Labute approximate surface area is 194 Å². The van der Waals surface area contributed by atoms with Gasteiger partial charge in [-0.25, -0.2) is 4.79 Å². The van der Waals surface area contributed by atoms with Crippen LogP contribution in [0, 0.1) is 0 Å². The van der Waals surface area contributed by atoms with Crippen LogP contribution in [-0.4, -0.2) is 66.6 Å². The van der Waals surface area contributed by atoms with Gasteiger partial charge < -0.3 is 33.3 Å². The zero-order valence-corrected chi connectivity index (χ0v) is 20.0. The molecule has 1 aliphatic rings. The molecule has 0 N–H and O–H groups in total. The average molecular weight is 458 g/mol. The molecule has 2 aromatic rings. The Morgan fingerprint density at radius 1 is 0.909 bits per heavy atom. The van der Waals surface area contributed by atoms with Gasteiger partial charge in [-0.05, 0) is 49.5 Å². The maximum absolute atomic E-state index is 12.8. The molecule has 0 bridgehead atoms. The van der Waals surface area contributed by atoms with Crippen LogP contribution in [-0.2, 0) is 20.7 Å². The SMILES string of the molecule is COc1ccc(C2OC(=O)C(OCCN(C)C)=C2Cc2cc(OC)c(OC)c(OC)c2)cc1. The zero-order chi connectivity index (χ0) is 24.0. The van der Waals surface area contributed by atoms with E-state index in [4.69, 9.17) is 28.4 Å². The molecule has 0 radical (unpaired) electrons. The van der Waals surface area contributed by atoms with Crippen LogP contribution in [0.25, 0.3) is 0 Å². The number of methoxy groups -OCH3 is 4. The van der Waals surface area contributed by atoms with Crippen molar-refractivity contribution in [1.29, 1.82) is 0 Å². The second-order valence-electron chi connectivity index (χ2n) is 7.77. The lowest BCUT2D eigenvalue weighted by atomic mass is 9.95. The summed E-state index contributed by atoms with van der Waals surface area (Å²) in [7, 11) is 10.2. The number of hydrogen-bond acceptors (Lipinski definition) is 8. The Balaban J connectivity index is 2.01. The van der Waals surface area contributed by atoms with E-state index in [1.54, 1.807) is 28.4 Å². The predicted octanol–water partition coefficient (Wildman–Crippen LogP) is 3.39. The number of carbonyl (C=O) groups excluding carboxylic acids is 1. The predicted molar refractivity (Wildman–Crippen MR) is 123 cm³/mol. The van der Waals surface area contributed by atoms with Gasteiger partial charge in [0.05, 0.1) is 28.4 Å². The van der Waals surface area contributed by atoms with Crippen LogP contribution >= 0.6 is 0 Å². The smallest absolute Gasteiger partial charge is 0.374 e. The average Bonchev–Trinajstić information content (AvgIpc) is 3.13. The minimum Gasteiger partial charge on any atom is -0.497 e. The van der Waals surface area contributed by atoms with Crippen molar-refractivity contribution in [3.8, 4) is 23.0 Å². The van der Waals surface area contributed by atoms with Crippen molar-refractivity contribution in [2.45, 2.75) is 12.5 Å². The Morgan fingerprint density at radius 3 is 2.06 bits per heavy atom. The summed E-state index contributed by atoms with van der Waals surface area (Å²) in [4.78, 5) is 14.8. The fourth-order valence-electron chi connectivity index (χ4n) is 3.64. The molecular formula is C25H31NO7. The van der Waals surface area contributed by atoms with Crippen LogP contribution in [0.2, 0.25) is 0 Å². The number of benzene rings is 2. The van der Waals surface area contributed by atoms with Crippen molar-refractivity contribution in [3.05, 3.63) is 58.9 Å². The molecule has 8 heteroatoms. The number of hydrogen-bond donors (Lipinski definition) is 0. The summed E-state index contributed by atoms with van der Waals surface area (Å²) >= 11 is 0. The van der Waals surface area contributed by atoms with Gasteiger partial charge in [-0.15, -0.1) is 0 Å². The van der Waals surface area contributed by atoms with Crippen molar-refractivity contribution in [2.75, 3.05) is 55.7 Å². The first kappa shape index (κ1) is 24.3. The van der Waals surface area contributed by atoms with E-state index < -0.39 is 12.1 Å². The third kappa shape index (κ3) is 5.51. The first-order chi connectivity index (χ1) is 15.9. The highest BCUT2D eigenvalue weighted by Gasteiger charge is 2.37. The number of carbonyl (C=O) groups is 1. The summed E-state index contributed by atoms with van der Waals surface area (Å²) in [5, 5.41) is 0. The fraction of sp³-hybridized carbons (Fsp3) is 0.400. The lowest BCUT2D eigenvalue weighted by Gasteiger charge is -2.17. The zero-order valence-electron chi connectivity index (χ0n) is 20.0. The van der Waals surface area contributed by atoms with E-state index in [1.165, 1.54) is 0 Å². The second-order valence-corrected chi connectivity index (χ2v) is 7.77. The quantitative estimate of drug-likeness (QED) is 0.476. The van der Waals surface area contributed by atoms with Gasteiger partial charge in [-0.2, -0.15) is 0 Å². The van der Waals surface area contributed by atoms with Gasteiger partial charge in [0.15, 0.2) is 17.6 Å². The summed E-state index contributed by atoms with van der Waals surface area (Å²) in [5.41, 5.74) is 2.43. The first-order valence-electron chi connectivity index (χ1n) is 10.6. The maximum Gasteiger partial charge on any atom is 0.374 e. The second kappa shape index (κ2) is 11.0. The monoisotopic (exact) mass is 457 g/mol. The number of ether oxygens (including phenoxy) is 6. The van der Waals surface area contributed by atoms with Gasteiger partial charge in [-0.3, -0.25) is 0 Å². The lowest BCUT2D eigenvalue weighted by molar-refractivity contribution is -0.143. The summed E-state index contributed by atoms with van der Waals surface area (Å²) in [6.07, 6.45) is -0.173. The molecule has 1 unspecified atom stereocenters. The number of esters is 1. The van der Waals surface area contributed by atoms with Crippen molar-refractivity contribution in [1.82, 2.24) is 4.90 Å². The minimum atomic E-state index is -0.572. The molecule has 2 aromatic carbocycles. The van der Waals surface area contributed by atoms with Crippen LogP contribution in [0.1, 0.15) is 17.2 Å². The molecule has 1 heterocycles. The molecule has 0 fully saturated rings. The van der Waals surface area contributed by atoms with Crippen LogP contribution in [0.3, 0.4) is 0 Å². The van der Waals surface area contributed by atoms with E-state index >= 15 is 0 Å². The van der Waals surface area contributed by atoms with Gasteiger partial charge in [0.25, 0.3) is 0 Å². The van der Waals surface area contributed by atoms with E-state index in [2.05, 4.69) is 0 Å². The molecular weight excluding hydrogens is 426 g/mol. The molecule has 3 rings (SSSR count). The maximum atomic E-state index is 12.8. The van der Waals surface area contributed by atoms with Crippen LogP contribution in [0.5, 0.6) is 23.0 Å². The third-order valence-electron chi connectivity index (χ3n) is 5.34. The lowest BCUT2D eigenvalue weighted by Crippen LogP contribution is -2.19. The summed E-state index contributed by atoms with van der Waals surface area (Å²) in [6, 6.07) is 11.2. The highest BCUT2D eigenvalue weighted by atomic mass is 16.6. The number of nitrogens with zero attached hydrogens (tertiary/aromatic N) is 1. The Bertz CT molecular complexity index is 973. The molecule has 0 saturated carbocycles. The normalized spacial score (nSPS) is 15.5. The molecule has 178 valence electrons. The van der Waals surface area contributed by atoms with E-state index in [0.29, 0.717) is 36.8 Å². The molecule has 0 amide bonds. The van der Waals surface area contributed by atoms with Crippen molar-refractivity contribution < 1.29 is 33.2 Å². The number of rotatable bonds is 11. The Kier molecular flexibility index (Phi) is 8.06. The molecule has 33 heavy (non-hydrogen) atoms. The molecule has 0 saturated heterocycles. The van der Waals surface area contributed by atoms with Gasteiger partial charge in [0.1, 0.15) is 12.4 Å². The molecule has 8 nitrogen and oxygen atoms in total. The van der Waals surface area contributed by atoms with Gasteiger partial charge in [0.2, 0.25) is 11.5 Å². The van der Waals surface area contributed by atoms with Crippen LogP contribution < -0.4 is 18.9 Å². The summed E-state index contributed by atoms with van der Waals surface area (Å²) in [5.74, 6) is 2.07.